The minimum atomic E-state index is -1.32. The average Bonchev–Trinajstić information content (AvgIpc) is 3.16. The van der Waals surface area contributed by atoms with Crippen LogP contribution in [0.15, 0.2) is 6.20 Å². The lowest BCUT2D eigenvalue weighted by Gasteiger charge is -2.06. The highest BCUT2D eigenvalue weighted by Gasteiger charge is 2.29. The van der Waals surface area contributed by atoms with E-state index in [1.807, 2.05) is 0 Å². The van der Waals surface area contributed by atoms with Gasteiger partial charge in [0.25, 0.3) is 5.91 Å². The van der Waals surface area contributed by atoms with Crippen LogP contribution in [0.3, 0.4) is 0 Å². The lowest BCUT2D eigenvalue weighted by atomic mass is 10.1. The van der Waals surface area contributed by atoms with E-state index in [0.717, 1.165) is 11.3 Å². The molecule has 0 atom stereocenters. The van der Waals surface area contributed by atoms with Crippen LogP contribution < -0.4 is 5.32 Å². The van der Waals surface area contributed by atoms with Gasteiger partial charge in [0.05, 0.1) is 18.8 Å². The summed E-state index contributed by atoms with van der Waals surface area (Å²) in [5, 5.41) is 15.6. The number of carbonyl (C=O) groups excluding carboxylic acids is 3. The minimum absolute atomic E-state index is 0.0102. The van der Waals surface area contributed by atoms with Crippen LogP contribution in [-0.2, 0) is 16.5 Å². The van der Waals surface area contributed by atoms with Crippen molar-refractivity contribution in [1.29, 1.82) is 0 Å². The number of nitrogens with zero attached hydrogens (tertiary/aromatic N) is 2. The number of anilines is 1. The van der Waals surface area contributed by atoms with Crippen LogP contribution in [0.1, 0.15) is 60.3 Å². The summed E-state index contributed by atoms with van der Waals surface area (Å²) in [5.41, 5.74) is -0.308. The summed E-state index contributed by atoms with van der Waals surface area (Å²) in [6.07, 6.45) is 1.19. The fourth-order valence-corrected chi connectivity index (χ4v) is 3.50. The first-order valence-electron chi connectivity index (χ1n) is 8.27. The first kappa shape index (κ1) is 21.1. The molecular formula is C17H19N3O7S. The Morgan fingerprint density at radius 3 is 2.36 bits per heavy atom. The molecule has 0 aliphatic rings. The lowest BCUT2D eigenvalue weighted by Crippen LogP contribution is -2.18. The minimum Gasteiger partial charge on any atom is -0.478 e. The molecule has 0 aliphatic carbocycles. The van der Waals surface area contributed by atoms with Crippen molar-refractivity contribution >= 4 is 40.2 Å². The Morgan fingerprint density at radius 1 is 1.18 bits per heavy atom. The molecule has 0 spiro atoms. The van der Waals surface area contributed by atoms with E-state index in [9.17, 15) is 24.3 Å². The van der Waals surface area contributed by atoms with Crippen molar-refractivity contribution in [1.82, 2.24) is 9.78 Å². The Kier molecular flexibility index (Phi) is 6.52. The highest BCUT2D eigenvalue weighted by molar-refractivity contribution is 7.18. The SMILES string of the molecule is CCOC(=O)c1sc(NC(=O)c2nn(C)cc2C(=O)O)c(C(=O)OCC)c1C. The van der Waals surface area contributed by atoms with Crippen LogP contribution in [-0.4, -0.2) is 51.9 Å². The largest absolute Gasteiger partial charge is 0.478 e. The number of ether oxygens (including phenoxy) is 2. The quantitative estimate of drug-likeness (QED) is 0.663. The fourth-order valence-electron chi connectivity index (χ4n) is 2.42. The molecule has 0 saturated heterocycles. The Balaban J connectivity index is 2.47. The van der Waals surface area contributed by atoms with Gasteiger partial charge in [0.15, 0.2) is 5.69 Å². The van der Waals surface area contributed by atoms with E-state index >= 15 is 0 Å². The van der Waals surface area contributed by atoms with Crippen LogP contribution in [0.25, 0.3) is 0 Å². The molecule has 1 amide bonds. The number of esters is 2. The second kappa shape index (κ2) is 8.65. The molecule has 0 bridgehead atoms. The fraction of sp³-hybridized carbons (Fsp3) is 0.353. The first-order valence-corrected chi connectivity index (χ1v) is 9.08. The van der Waals surface area contributed by atoms with Crippen LogP contribution in [0.4, 0.5) is 5.00 Å². The molecule has 11 heteroatoms. The van der Waals surface area contributed by atoms with Gasteiger partial charge in [-0.15, -0.1) is 11.3 Å². The second-order valence-electron chi connectivity index (χ2n) is 5.53. The van der Waals surface area contributed by atoms with Crippen molar-refractivity contribution in [3.63, 3.8) is 0 Å². The molecule has 0 aromatic carbocycles. The molecule has 0 aliphatic heterocycles. The molecule has 28 heavy (non-hydrogen) atoms. The maximum absolute atomic E-state index is 12.6. The van der Waals surface area contributed by atoms with E-state index in [1.165, 1.54) is 24.9 Å². The smallest absolute Gasteiger partial charge is 0.348 e. The molecule has 0 radical (unpaired) electrons. The summed E-state index contributed by atoms with van der Waals surface area (Å²) in [5.74, 6) is -3.51. The van der Waals surface area contributed by atoms with Crippen molar-refractivity contribution in [3.05, 3.63) is 33.5 Å². The average molecular weight is 409 g/mol. The van der Waals surface area contributed by atoms with Gasteiger partial charge in [-0.2, -0.15) is 5.10 Å². The third kappa shape index (κ3) is 4.19. The Bertz CT molecular complexity index is 945. The number of aromatic carboxylic acids is 1. The molecule has 0 unspecified atom stereocenters. The predicted molar refractivity (Wildman–Crippen MR) is 99.1 cm³/mol. The molecule has 2 aromatic rings. The van der Waals surface area contributed by atoms with Gasteiger partial charge in [-0.05, 0) is 26.3 Å². The van der Waals surface area contributed by atoms with E-state index < -0.39 is 23.8 Å². The molecule has 2 heterocycles. The van der Waals surface area contributed by atoms with Gasteiger partial charge in [-0.3, -0.25) is 9.48 Å². The van der Waals surface area contributed by atoms with Gasteiger partial charge in [-0.1, -0.05) is 0 Å². The summed E-state index contributed by atoms with van der Waals surface area (Å²) >= 11 is 0.843. The lowest BCUT2D eigenvalue weighted by molar-refractivity contribution is 0.0526. The van der Waals surface area contributed by atoms with Crippen molar-refractivity contribution in [2.45, 2.75) is 20.8 Å². The number of amides is 1. The molecule has 2 rings (SSSR count). The molecule has 0 saturated carbocycles. The summed E-state index contributed by atoms with van der Waals surface area (Å²) in [6.45, 7) is 5.04. The molecule has 10 nitrogen and oxygen atoms in total. The van der Waals surface area contributed by atoms with Gasteiger partial charge in [-0.25, -0.2) is 14.4 Å². The van der Waals surface area contributed by atoms with Crippen LogP contribution in [0, 0.1) is 6.92 Å². The van der Waals surface area contributed by atoms with Crippen LogP contribution >= 0.6 is 11.3 Å². The number of aromatic nitrogens is 2. The normalized spacial score (nSPS) is 10.4. The van der Waals surface area contributed by atoms with E-state index in [1.54, 1.807) is 13.8 Å². The zero-order valence-corrected chi connectivity index (χ0v) is 16.5. The van der Waals surface area contributed by atoms with Gasteiger partial charge in [0, 0.05) is 13.2 Å². The Hall–Kier alpha value is -3.21. The van der Waals surface area contributed by atoms with Crippen molar-refractivity contribution in [2.24, 2.45) is 7.05 Å². The second-order valence-corrected chi connectivity index (χ2v) is 6.55. The van der Waals surface area contributed by atoms with Gasteiger partial charge in [0.2, 0.25) is 0 Å². The zero-order valence-electron chi connectivity index (χ0n) is 15.7. The predicted octanol–water partition coefficient (Wildman–Crippen LogP) is 2.09. The molecule has 2 N–H and O–H groups in total. The highest BCUT2D eigenvalue weighted by Crippen LogP contribution is 2.34. The number of rotatable bonds is 7. The summed E-state index contributed by atoms with van der Waals surface area (Å²) < 4.78 is 11.2. The zero-order chi connectivity index (χ0) is 21.0. The molecular weight excluding hydrogens is 390 g/mol. The third-order valence-electron chi connectivity index (χ3n) is 3.59. The Morgan fingerprint density at radius 2 is 1.79 bits per heavy atom. The summed E-state index contributed by atoms with van der Waals surface area (Å²) in [4.78, 5) is 48.5. The molecule has 150 valence electrons. The van der Waals surface area contributed by atoms with Crippen LogP contribution in [0.5, 0.6) is 0 Å². The van der Waals surface area contributed by atoms with Gasteiger partial charge in [0.1, 0.15) is 15.4 Å². The standard InChI is InChI=1S/C17H19N3O7S/c1-5-26-16(24)10-8(3)12(17(25)27-6-2)28-14(10)18-13(21)11-9(15(22)23)7-20(4)19-11/h7H,5-6H2,1-4H3,(H,18,21)(H,22,23). The van der Waals surface area contributed by atoms with Crippen molar-refractivity contribution < 1.29 is 33.8 Å². The third-order valence-corrected chi connectivity index (χ3v) is 4.78. The number of carbonyl (C=O) groups is 4. The van der Waals surface area contributed by atoms with Gasteiger partial charge >= 0.3 is 17.9 Å². The highest BCUT2D eigenvalue weighted by atomic mass is 32.1. The monoisotopic (exact) mass is 409 g/mol. The first-order chi connectivity index (χ1) is 13.2. The number of carboxylic acids is 1. The maximum Gasteiger partial charge on any atom is 0.348 e. The molecule has 2 aromatic heterocycles. The Labute approximate surface area is 164 Å². The van der Waals surface area contributed by atoms with Crippen molar-refractivity contribution in [2.75, 3.05) is 18.5 Å². The number of carboxylic acid groups (broad SMARTS) is 1. The van der Waals surface area contributed by atoms with E-state index in [2.05, 4.69) is 10.4 Å². The van der Waals surface area contributed by atoms with Crippen LogP contribution in [0.2, 0.25) is 0 Å². The van der Waals surface area contributed by atoms with E-state index in [4.69, 9.17) is 9.47 Å². The maximum atomic E-state index is 12.6. The van der Waals surface area contributed by atoms with E-state index in [-0.39, 0.29) is 39.9 Å². The van der Waals surface area contributed by atoms with E-state index in [0.29, 0.717) is 5.56 Å². The topological polar surface area (TPSA) is 137 Å². The van der Waals surface area contributed by atoms with Crippen molar-refractivity contribution in [3.8, 4) is 0 Å². The number of aryl methyl sites for hydroxylation is 1. The number of hydrogen-bond acceptors (Lipinski definition) is 8. The number of thiophene rings is 1. The van der Waals surface area contributed by atoms with Gasteiger partial charge < -0.3 is 19.9 Å². The molecule has 0 fully saturated rings. The summed E-state index contributed by atoms with van der Waals surface area (Å²) in [7, 11) is 1.47. The number of nitrogens with one attached hydrogen (secondary N) is 1. The number of hydrogen-bond donors (Lipinski definition) is 2. The summed E-state index contributed by atoms with van der Waals surface area (Å²) in [6, 6.07) is 0.